The normalized spacial score (nSPS) is 16.4. The monoisotopic (exact) mass is 287 g/mol. The molecule has 1 heterocycles. The summed E-state index contributed by atoms with van der Waals surface area (Å²) in [5.41, 5.74) is 1.13. The number of nitriles is 1. The van der Waals surface area contributed by atoms with E-state index < -0.39 is 0 Å². The molecule has 1 aromatic rings. The molecule has 0 radical (unpaired) electrons. The van der Waals surface area contributed by atoms with Crippen molar-refractivity contribution in [1.29, 1.82) is 5.26 Å². The number of anilines is 1. The van der Waals surface area contributed by atoms with Gasteiger partial charge < -0.3 is 15.0 Å². The van der Waals surface area contributed by atoms with Crippen LogP contribution in [0.2, 0.25) is 0 Å². The highest BCUT2D eigenvalue weighted by Gasteiger charge is 2.17. The van der Waals surface area contributed by atoms with Crippen LogP contribution in [0.15, 0.2) is 24.3 Å². The van der Waals surface area contributed by atoms with Crippen molar-refractivity contribution < 1.29 is 4.74 Å². The fraction of sp³-hybridized carbons (Fsp3) is 0.588. The Morgan fingerprint density at radius 2 is 2.19 bits per heavy atom. The maximum absolute atomic E-state index is 8.51. The van der Waals surface area contributed by atoms with Gasteiger partial charge in [-0.25, -0.2) is 0 Å². The molecule has 114 valence electrons. The number of ether oxygens (including phenoxy) is 1. The molecular weight excluding hydrogens is 262 g/mol. The highest BCUT2D eigenvalue weighted by molar-refractivity contribution is 5.48. The lowest BCUT2D eigenvalue weighted by Crippen LogP contribution is -2.38. The maximum atomic E-state index is 8.51. The molecule has 1 aromatic carbocycles. The first-order valence-electron chi connectivity index (χ1n) is 7.90. The standard InChI is InChI=1S/C17H25N3O/c1-2-20-11-8-15(9-12-20)19-16-6-5-7-17(14-16)21-13-4-3-10-18/h5-7,14-15,19H,2-4,8-9,11-13H2,1H3. The SMILES string of the molecule is CCN1CCC(Nc2cccc(OCCCC#N)c2)CC1. The highest BCUT2D eigenvalue weighted by atomic mass is 16.5. The van der Waals surface area contributed by atoms with Gasteiger partial charge in [0.15, 0.2) is 0 Å². The predicted molar refractivity (Wildman–Crippen MR) is 85.5 cm³/mol. The summed E-state index contributed by atoms with van der Waals surface area (Å²) in [5, 5.41) is 12.1. The van der Waals surface area contributed by atoms with Gasteiger partial charge in [-0.05, 0) is 37.9 Å². The third kappa shape index (κ3) is 5.28. The minimum Gasteiger partial charge on any atom is -0.493 e. The Bertz CT molecular complexity index is 461. The first-order chi connectivity index (χ1) is 10.3. The van der Waals surface area contributed by atoms with E-state index in [0.29, 0.717) is 19.1 Å². The molecule has 0 saturated carbocycles. The van der Waals surface area contributed by atoms with Crippen molar-refractivity contribution in [3.8, 4) is 11.8 Å². The molecule has 1 N–H and O–H groups in total. The summed E-state index contributed by atoms with van der Waals surface area (Å²) in [5.74, 6) is 0.879. The lowest BCUT2D eigenvalue weighted by molar-refractivity contribution is 0.229. The molecule has 0 spiro atoms. The van der Waals surface area contributed by atoms with E-state index in [0.717, 1.165) is 24.4 Å². The van der Waals surface area contributed by atoms with E-state index in [1.54, 1.807) is 0 Å². The second kappa shape index (κ2) is 8.53. The van der Waals surface area contributed by atoms with Gasteiger partial charge in [-0.3, -0.25) is 0 Å². The Kier molecular flexibility index (Phi) is 6.36. The molecule has 1 aliphatic heterocycles. The molecule has 0 aromatic heterocycles. The molecule has 4 nitrogen and oxygen atoms in total. The van der Waals surface area contributed by atoms with Crippen LogP contribution in [0.5, 0.6) is 5.75 Å². The van der Waals surface area contributed by atoms with Gasteiger partial charge in [0.2, 0.25) is 0 Å². The highest BCUT2D eigenvalue weighted by Crippen LogP contribution is 2.21. The van der Waals surface area contributed by atoms with Gasteiger partial charge in [0, 0.05) is 37.3 Å². The Morgan fingerprint density at radius 1 is 1.38 bits per heavy atom. The average molecular weight is 287 g/mol. The van der Waals surface area contributed by atoms with Crippen molar-refractivity contribution in [3.63, 3.8) is 0 Å². The van der Waals surface area contributed by atoms with Crippen molar-refractivity contribution in [1.82, 2.24) is 4.90 Å². The van der Waals surface area contributed by atoms with Crippen LogP contribution in [0.4, 0.5) is 5.69 Å². The van der Waals surface area contributed by atoms with Crippen LogP contribution in [0, 0.1) is 11.3 Å². The van der Waals surface area contributed by atoms with Crippen LogP contribution in [0.1, 0.15) is 32.6 Å². The fourth-order valence-corrected chi connectivity index (χ4v) is 2.65. The Balaban J connectivity index is 1.79. The minimum absolute atomic E-state index is 0.550. The van der Waals surface area contributed by atoms with E-state index in [1.165, 1.54) is 25.9 Å². The zero-order valence-corrected chi connectivity index (χ0v) is 12.8. The van der Waals surface area contributed by atoms with Gasteiger partial charge in [0.25, 0.3) is 0 Å². The lowest BCUT2D eigenvalue weighted by atomic mass is 10.0. The molecule has 1 aliphatic rings. The Hall–Kier alpha value is -1.73. The largest absolute Gasteiger partial charge is 0.493 e. The first kappa shape index (κ1) is 15.7. The van der Waals surface area contributed by atoms with E-state index in [4.69, 9.17) is 10.00 Å². The molecule has 0 atom stereocenters. The van der Waals surface area contributed by atoms with Crippen LogP contribution < -0.4 is 10.1 Å². The van der Waals surface area contributed by atoms with Gasteiger partial charge in [0.1, 0.15) is 5.75 Å². The summed E-state index contributed by atoms with van der Waals surface area (Å²) in [7, 11) is 0. The molecule has 0 aliphatic carbocycles. The average Bonchev–Trinajstić information content (AvgIpc) is 2.53. The van der Waals surface area contributed by atoms with Gasteiger partial charge in [-0.2, -0.15) is 5.26 Å². The number of hydrogen-bond donors (Lipinski definition) is 1. The molecule has 0 bridgehead atoms. The van der Waals surface area contributed by atoms with E-state index in [1.807, 2.05) is 12.1 Å². The summed E-state index contributed by atoms with van der Waals surface area (Å²) in [4.78, 5) is 2.49. The molecule has 2 rings (SSSR count). The van der Waals surface area contributed by atoms with E-state index in [2.05, 4.69) is 35.3 Å². The van der Waals surface area contributed by atoms with Crippen LogP contribution in [-0.4, -0.2) is 37.2 Å². The third-order valence-corrected chi connectivity index (χ3v) is 3.94. The van der Waals surface area contributed by atoms with Crippen molar-refractivity contribution >= 4 is 5.69 Å². The summed E-state index contributed by atoms with van der Waals surface area (Å²) in [6.45, 7) is 6.34. The fourth-order valence-electron chi connectivity index (χ4n) is 2.65. The predicted octanol–water partition coefficient (Wildman–Crippen LogP) is 3.27. The number of nitrogens with zero attached hydrogens (tertiary/aromatic N) is 2. The number of hydrogen-bond acceptors (Lipinski definition) is 4. The molecule has 1 fully saturated rings. The second-order valence-electron chi connectivity index (χ2n) is 5.49. The van der Waals surface area contributed by atoms with Crippen LogP contribution >= 0.6 is 0 Å². The van der Waals surface area contributed by atoms with Gasteiger partial charge >= 0.3 is 0 Å². The minimum atomic E-state index is 0.550. The molecule has 4 heteroatoms. The van der Waals surface area contributed by atoms with Crippen molar-refractivity contribution in [3.05, 3.63) is 24.3 Å². The van der Waals surface area contributed by atoms with Crippen LogP contribution in [0.3, 0.4) is 0 Å². The summed E-state index contributed by atoms with van der Waals surface area (Å²) < 4.78 is 5.67. The Morgan fingerprint density at radius 3 is 2.90 bits per heavy atom. The molecule has 21 heavy (non-hydrogen) atoms. The molecule has 0 unspecified atom stereocenters. The topological polar surface area (TPSA) is 48.3 Å². The van der Waals surface area contributed by atoms with E-state index in [9.17, 15) is 0 Å². The Labute approximate surface area is 127 Å². The smallest absolute Gasteiger partial charge is 0.121 e. The summed E-state index contributed by atoms with van der Waals surface area (Å²) >= 11 is 0. The third-order valence-electron chi connectivity index (χ3n) is 3.94. The van der Waals surface area contributed by atoms with Gasteiger partial charge in [-0.1, -0.05) is 13.0 Å². The van der Waals surface area contributed by atoms with Gasteiger partial charge in [-0.15, -0.1) is 0 Å². The summed E-state index contributed by atoms with van der Waals surface area (Å²) in [6, 6.07) is 10.8. The number of nitrogens with one attached hydrogen (secondary N) is 1. The quantitative estimate of drug-likeness (QED) is 0.782. The lowest BCUT2D eigenvalue weighted by Gasteiger charge is -2.32. The summed E-state index contributed by atoms with van der Waals surface area (Å²) in [6.07, 6.45) is 3.72. The van der Waals surface area contributed by atoms with Crippen LogP contribution in [0.25, 0.3) is 0 Å². The second-order valence-corrected chi connectivity index (χ2v) is 5.49. The maximum Gasteiger partial charge on any atom is 0.121 e. The van der Waals surface area contributed by atoms with Gasteiger partial charge in [0.05, 0.1) is 12.7 Å². The van der Waals surface area contributed by atoms with E-state index in [-0.39, 0.29) is 0 Å². The van der Waals surface area contributed by atoms with Crippen molar-refractivity contribution in [2.75, 3.05) is 31.6 Å². The number of piperidine rings is 1. The number of unbranched alkanes of at least 4 members (excludes halogenated alkanes) is 1. The number of rotatable bonds is 7. The molecular formula is C17H25N3O. The zero-order chi connectivity index (χ0) is 14.9. The van der Waals surface area contributed by atoms with Crippen molar-refractivity contribution in [2.24, 2.45) is 0 Å². The van der Waals surface area contributed by atoms with Crippen LogP contribution in [-0.2, 0) is 0 Å². The van der Waals surface area contributed by atoms with E-state index >= 15 is 0 Å². The zero-order valence-electron chi connectivity index (χ0n) is 12.8. The molecule has 1 saturated heterocycles. The molecule has 0 amide bonds. The first-order valence-corrected chi connectivity index (χ1v) is 7.90. The number of benzene rings is 1. The van der Waals surface area contributed by atoms with Crippen molar-refractivity contribution in [2.45, 2.75) is 38.6 Å². The number of likely N-dealkylation sites (tertiary alicyclic amines) is 1.